The molecule has 2 aliphatic carbocycles. The molecule has 4 nitrogen and oxygen atoms in total. The number of fused-ring (bicyclic) bond motifs is 12. The fourth-order valence-electron chi connectivity index (χ4n) is 6.68. The molecule has 6 heteroatoms. The maximum absolute atomic E-state index is 14.0. The Kier molecular flexibility index (Phi) is 3.30. The molecule has 4 aromatic carbocycles. The van der Waals surface area contributed by atoms with Crippen LogP contribution in [0, 0.1) is 0 Å². The van der Waals surface area contributed by atoms with Crippen LogP contribution in [0.1, 0.15) is 33.4 Å². The van der Waals surface area contributed by atoms with E-state index in [1.165, 1.54) is 0 Å². The molecule has 0 amide bonds. The van der Waals surface area contributed by atoms with Crippen LogP contribution < -0.4 is 0 Å². The minimum Gasteiger partial charge on any atom is -0.218 e. The van der Waals surface area contributed by atoms with Gasteiger partial charge in [-0.25, -0.2) is 16.8 Å². The Bertz CT molecular complexity index is 1830. The van der Waals surface area contributed by atoms with Gasteiger partial charge in [-0.3, -0.25) is 0 Å². The van der Waals surface area contributed by atoms with Gasteiger partial charge in [-0.1, -0.05) is 84.9 Å². The molecule has 1 spiro atoms. The van der Waals surface area contributed by atoms with Crippen LogP contribution in [-0.2, 0) is 25.1 Å². The Morgan fingerprint density at radius 2 is 0.771 bits per heavy atom. The average molecular weight is 493 g/mol. The zero-order valence-electron chi connectivity index (χ0n) is 18.2. The topological polar surface area (TPSA) is 68.3 Å². The van der Waals surface area contributed by atoms with Crippen molar-refractivity contribution < 1.29 is 16.8 Å². The van der Waals surface area contributed by atoms with Gasteiger partial charge in [0.15, 0.2) is 0 Å². The van der Waals surface area contributed by atoms with E-state index in [0.29, 0.717) is 43.2 Å². The predicted molar refractivity (Wildman–Crippen MR) is 135 cm³/mol. The minimum absolute atomic E-state index is 0.277. The largest absolute Gasteiger partial charge is 0.218 e. The first-order chi connectivity index (χ1) is 16.9. The highest BCUT2D eigenvalue weighted by Gasteiger charge is 2.63. The normalized spacial score (nSPS) is 20.3. The monoisotopic (exact) mass is 492 g/mol. The van der Waals surface area contributed by atoms with E-state index in [2.05, 4.69) is 0 Å². The molecule has 0 unspecified atom stereocenters. The van der Waals surface area contributed by atoms with Crippen LogP contribution in [0.15, 0.2) is 107 Å². The summed E-state index contributed by atoms with van der Waals surface area (Å²) in [6, 6.07) is 29.2. The standard InChI is InChI=1S/C29H16O4S2/c30-34(31)23-15-7-3-11-19(23)25-27(34)17-9-1-5-13-21(17)29(25)22-14-6-2-10-18(22)28-26(29)20-12-4-8-16-24(20)35(28,32)33/h1-16H. The number of rotatable bonds is 0. The zero-order valence-corrected chi connectivity index (χ0v) is 19.8. The molecule has 0 saturated carbocycles. The molecular formula is C29H16O4S2. The van der Waals surface area contributed by atoms with Crippen LogP contribution in [0.3, 0.4) is 0 Å². The van der Waals surface area contributed by atoms with Crippen molar-refractivity contribution in [3.05, 3.63) is 130 Å². The third kappa shape index (κ3) is 1.92. The highest BCUT2D eigenvalue weighted by Crippen LogP contribution is 2.72. The van der Waals surface area contributed by atoms with Crippen LogP contribution in [0.2, 0.25) is 0 Å². The lowest BCUT2D eigenvalue weighted by Gasteiger charge is -2.34. The van der Waals surface area contributed by atoms with Crippen molar-refractivity contribution in [1.82, 2.24) is 0 Å². The molecule has 35 heavy (non-hydrogen) atoms. The molecule has 4 aliphatic rings. The lowest BCUT2D eigenvalue weighted by atomic mass is 9.66. The molecular weight excluding hydrogens is 476 g/mol. The van der Waals surface area contributed by atoms with E-state index >= 15 is 0 Å². The van der Waals surface area contributed by atoms with Gasteiger partial charge in [0.05, 0.1) is 25.0 Å². The van der Waals surface area contributed by atoms with E-state index < -0.39 is 25.1 Å². The smallest absolute Gasteiger partial charge is 0.208 e. The lowest BCUT2D eigenvalue weighted by Crippen LogP contribution is -2.27. The van der Waals surface area contributed by atoms with Crippen molar-refractivity contribution in [1.29, 1.82) is 0 Å². The Balaban J connectivity index is 1.67. The highest BCUT2D eigenvalue weighted by molar-refractivity contribution is 8.02. The molecule has 0 atom stereocenters. The van der Waals surface area contributed by atoms with Crippen LogP contribution in [0.5, 0.6) is 0 Å². The van der Waals surface area contributed by atoms with Gasteiger partial charge >= 0.3 is 0 Å². The Morgan fingerprint density at radius 3 is 1.20 bits per heavy atom. The SMILES string of the molecule is O=S1(=O)C2=C(c3ccccc31)C1(C3=C(c4ccccc41)S(=O)(=O)c1ccccc13)c1ccccc12. The third-order valence-electron chi connectivity index (χ3n) is 7.78. The molecule has 0 fully saturated rings. The second-order valence-electron chi connectivity index (χ2n) is 9.25. The summed E-state index contributed by atoms with van der Waals surface area (Å²) in [5.74, 6) is 0. The number of hydrogen-bond donors (Lipinski definition) is 0. The molecule has 4 aromatic rings. The van der Waals surface area contributed by atoms with Crippen molar-refractivity contribution >= 4 is 40.6 Å². The molecule has 0 radical (unpaired) electrons. The molecule has 0 saturated heterocycles. The number of allylic oxidation sites excluding steroid dienone is 2. The van der Waals surface area contributed by atoms with Crippen LogP contribution >= 0.6 is 0 Å². The fraction of sp³-hybridized carbons (Fsp3) is 0.0345. The average Bonchev–Trinajstić information content (AvgIpc) is 3.51. The minimum atomic E-state index is -3.79. The van der Waals surface area contributed by atoms with Crippen LogP contribution in [0.4, 0.5) is 0 Å². The summed E-state index contributed by atoms with van der Waals surface area (Å²) in [4.78, 5) is 1.14. The Morgan fingerprint density at radius 1 is 0.429 bits per heavy atom. The molecule has 8 rings (SSSR count). The number of benzene rings is 4. The summed E-state index contributed by atoms with van der Waals surface area (Å²) in [6.45, 7) is 0. The zero-order chi connectivity index (χ0) is 23.7. The van der Waals surface area contributed by atoms with Gasteiger partial charge in [-0.15, -0.1) is 0 Å². The summed E-state index contributed by atoms with van der Waals surface area (Å²) in [7, 11) is -7.58. The van der Waals surface area contributed by atoms with E-state index in [1.54, 1.807) is 24.3 Å². The fourth-order valence-corrected chi connectivity index (χ4v) is 10.5. The van der Waals surface area contributed by atoms with Gasteiger partial charge in [0.1, 0.15) is 0 Å². The molecule has 0 bridgehead atoms. The van der Waals surface area contributed by atoms with Crippen molar-refractivity contribution in [3.63, 3.8) is 0 Å². The predicted octanol–water partition coefficient (Wildman–Crippen LogP) is 5.31. The first kappa shape index (κ1) is 19.6. The van der Waals surface area contributed by atoms with Crippen molar-refractivity contribution in [3.8, 4) is 0 Å². The molecule has 0 N–H and O–H groups in total. The van der Waals surface area contributed by atoms with Gasteiger partial charge in [0, 0.05) is 0 Å². The lowest BCUT2D eigenvalue weighted by molar-refractivity contribution is 0.605. The van der Waals surface area contributed by atoms with Gasteiger partial charge < -0.3 is 0 Å². The van der Waals surface area contributed by atoms with Crippen LogP contribution in [-0.4, -0.2) is 16.8 Å². The summed E-state index contributed by atoms with van der Waals surface area (Å²) in [6.07, 6.45) is 0. The Labute approximate surface area is 202 Å². The van der Waals surface area contributed by atoms with E-state index in [-0.39, 0.29) is 9.79 Å². The van der Waals surface area contributed by atoms with Crippen molar-refractivity contribution in [2.75, 3.05) is 0 Å². The summed E-state index contributed by atoms with van der Waals surface area (Å²) >= 11 is 0. The molecule has 168 valence electrons. The molecule has 2 aliphatic heterocycles. The summed E-state index contributed by atoms with van der Waals surface area (Å²) < 4.78 is 55.8. The second-order valence-corrected chi connectivity index (χ2v) is 13.0. The third-order valence-corrected chi connectivity index (χ3v) is 11.6. The maximum atomic E-state index is 14.0. The number of hydrogen-bond acceptors (Lipinski definition) is 4. The van der Waals surface area contributed by atoms with Gasteiger partial charge in [0.25, 0.3) is 0 Å². The van der Waals surface area contributed by atoms with Crippen LogP contribution in [0.25, 0.3) is 21.0 Å². The van der Waals surface area contributed by atoms with Gasteiger partial charge in [-0.05, 0) is 56.7 Å². The first-order valence-corrected chi connectivity index (χ1v) is 14.3. The van der Waals surface area contributed by atoms with Crippen molar-refractivity contribution in [2.24, 2.45) is 0 Å². The van der Waals surface area contributed by atoms with Gasteiger partial charge in [-0.2, -0.15) is 0 Å². The highest BCUT2D eigenvalue weighted by atomic mass is 32.2. The quantitative estimate of drug-likeness (QED) is 0.334. The van der Waals surface area contributed by atoms with Gasteiger partial charge in [0.2, 0.25) is 19.7 Å². The van der Waals surface area contributed by atoms with E-state index in [4.69, 9.17) is 0 Å². The Hall–Kier alpha value is -3.74. The summed E-state index contributed by atoms with van der Waals surface area (Å²) in [5.41, 5.74) is 4.48. The van der Waals surface area contributed by atoms with E-state index in [0.717, 1.165) is 11.1 Å². The molecule has 0 aromatic heterocycles. The first-order valence-electron chi connectivity index (χ1n) is 11.3. The van der Waals surface area contributed by atoms with E-state index in [9.17, 15) is 16.8 Å². The van der Waals surface area contributed by atoms with Crippen molar-refractivity contribution in [2.45, 2.75) is 15.2 Å². The molecule has 2 heterocycles. The van der Waals surface area contributed by atoms with E-state index in [1.807, 2.05) is 72.8 Å². The summed E-state index contributed by atoms with van der Waals surface area (Å²) in [5, 5.41) is 0. The number of sulfone groups is 2. The maximum Gasteiger partial charge on any atom is 0.208 e. The second kappa shape index (κ2) is 5.90.